The number of hydrogen-bond donors (Lipinski definition) is 0. The summed E-state index contributed by atoms with van der Waals surface area (Å²) in [5.41, 5.74) is 0.846. The molecule has 4 unspecified atom stereocenters. The predicted octanol–water partition coefficient (Wildman–Crippen LogP) is 3.30. The van der Waals surface area contributed by atoms with E-state index in [-0.39, 0.29) is 12.8 Å². The van der Waals surface area contributed by atoms with Gasteiger partial charge in [-0.05, 0) is 62.2 Å². The third-order valence-electron chi connectivity index (χ3n) is 5.74. The Hall–Kier alpha value is -0.830. The molecular weight excluding hydrogens is 240 g/mol. The minimum Gasteiger partial charge on any atom is -0.435 e. The van der Waals surface area contributed by atoms with Gasteiger partial charge >= 0.3 is 5.97 Å². The van der Waals surface area contributed by atoms with Gasteiger partial charge in [-0.3, -0.25) is 0 Å². The van der Waals surface area contributed by atoms with Crippen LogP contribution in [0.15, 0.2) is 12.2 Å². The quantitative estimate of drug-likeness (QED) is 0.331. The fraction of sp³-hybridized carbons (Fsp3) is 0.812. The minimum absolute atomic E-state index is 0.0809. The molecule has 3 aliphatic rings. The highest BCUT2D eigenvalue weighted by Gasteiger charge is 2.59. The maximum atomic E-state index is 11.3. The van der Waals surface area contributed by atoms with Gasteiger partial charge in [0, 0.05) is 5.57 Å². The van der Waals surface area contributed by atoms with Gasteiger partial charge in [-0.2, -0.15) is 0 Å². The van der Waals surface area contributed by atoms with Crippen LogP contribution in [-0.4, -0.2) is 19.4 Å². The van der Waals surface area contributed by atoms with Gasteiger partial charge in [-0.25, -0.2) is 4.79 Å². The first-order valence-corrected chi connectivity index (χ1v) is 7.54. The molecule has 3 rings (SSSR count). The lowest BCUT2D eigenvalue weighted by molar-refractivity contribution is -0.156. The van der Waals surface area contributed by atoms with Crippen LogP contribution < -0.4 is 0 Å². The lowest BCUT2D eigenvalue weighted by atomic mass is 9.68. The second-order valence-electron chi connectivity index (χ2n) is 6.68. The highest BCUT2D eigenvalue weighted by Crippen LogP contribution is 2.66. The van der Waals surface area contributed by atoms with Crippen molar-refractivity contribution in [2.24, 2.45) is 23.2 Å². The van der Waals surface area contributed by atoms with Gasteiger partial charge < -0.3 is 9.47 Å². The van der Waals surface area contributed by atoms with E-state index in [0.29, 0.717) is 11.0 Å². The Kier molecular flexibility index (Phi) is 3.42. The Morgan fingerprint density at radius 2 is 2.21 bits per heavy atom. The lowest BCUT2D eigenvalue weighted by Crippen LogP contribution is -2.37. The SMILES string of the molecule is C=C(C)C(=O)OCOCC12CCCC1C1CCC2C1. The van der Waals surface area contributed by atoms with Gasteiger partial charge in [0.05, 0.1) is 6.61 Å². The summed E-state index contributed by atoms with van der Waals surface area (Å²) in [6, 6.07) is 0. The summed E-state index contributed by atoms with van der Waals surface area (Å²) >= 11 is 0. The molecule has 4 atom stereocenters. The average molecular weight is 264 g/mol. The Morgan fingerprint density at radius 3 is 3.00 bits per heavy atom. The van der Waals surface area contributed by atoms with E-state index < -0.39 is 0 Å². The monoisotopic (exact) mass is 264 g/mol. The second kappa shape index (κ2) is 4.93. The zero-order valence-electron chi connectivity index (χ0n) is 11.8. The van der Waals surface area contributed by atoms with Crippen molar-refractivity contribution < 1.29 is 14.3 Å². The van der Waals surface area contributed by atoms with Crippen LogP contribution in [0.4, 0.5) is 0 Å². The van der Waals surface area contributed by atoms with Gasteiger partial charge in [-0.1, -0.05) is 13.0 Å². The normalized spacial score (nSPS) is 39.3. The van der Waals surface area contributed by atoms with Crippen LogP contribution >= 0.6 is 0 Å². The van der Waals surface area contributed by atoms with Crippen LogP contribution in [0.2, 0.25) is 0 Å². The summed E-state index contributed by atoms with van der Waals surface area (Å²) in [7, 11) is 0. The third kappa shape index (κ3) is 2.12. The Balaban J connectivity index is 1.52. The van der Waals surface area contributed by atoms with E-state index in [9.17, 15) is 4.79 Å². The van der Waals surface area contributed by atoms with E-state index in [0.717, 1.165) is 24.4 Å². The lowest BCUT2D eigenvalue weighted by Gasteiger charge is -2.39. The molecular formula is C16H24O3. The molecule has 0 saturated heterocycles. The first-order chi connectivity index (χ1) is 9.13. The smallest absolute Gasteiger partial charge is 0.335 e. The number of esters is 1. The fourth-order valence-corrected chi connectivity index (χ4v) is 4.99. The van der Waals surface area contributed by atoms with Crippen molar-refractivity contribution in [3.63, 3.8) is 0 Å². The van der Waals surface area contributed by atoms with Crippen LogP contribution in [0.3, 0.4) is 0 Å². The molecule has 0 aromatic rings. The van der Waals surface area contributed by atoms with E-state index >= 15 is 0 Å². The number of carbonyl (C=O) groups is 1. The highest BCUT2D eigenvalue weighted by molar-refractivity contribution is 5.86. The molecule has 0 aromatic carbocycles. The molecule has 3 fully saturated rings. The topological polar surface area (TPSA) is 35.5 Å². The Labute approximate surface area is 115 Å². The van der Waals surface area contributed by atoms with Crippen LogP contribution in [0.1, 0.15) is 45.4 Å². The Bertz CT molecular complexity index is 389. The zero-order valence-corrected chi connectivity index (χ0v) is 11.8. The molecule has 0 amide bonds. The number of hydrogen-bond acceptors (Lipinski definition) is 3. The van der Waals surface area contributed by atoms with Crippen LogP contribution in [0.5, 0.6) is 0 Å². The molecule has 3 saturated carbocycles. The molecule has 3 aliphatic carbocycles. The van der Waals surface area contributed by atoms with E-state index in [1.54, 1.807) is 6.92 Å². The van der Waals surface area contributed by atoms with Crippen molar-refractivity contribution >= 4 is 5.97 Å². The number of ether oxygens (including phenoxy) is 2. The van der Waals surface area contributed by atoms with Crippen LogP contribution in [0.25, 0.3) is 0 Å². The van der Waals surface area contributed by atoms with Crippen molar-refractivity contribution in [2.75, 3.05) is 13.4 Å². The first kappa shape index (κ1) is 13.2. The van der Waals surface area contributed by atoms with Crippen molar-refractivity contribution in [3.8, 4) is 0 Å². The van der Waals surface area contributed by atoms with Gasteiger partial charge in [0.2, 0.25) is 0 Å². The Morgan fingerprint density at radius 1 is 1.37 bits per heavy atom. The molecule has 19 heavy (non-hydrogen) atoms. The van der Waals surface area contributed by atoms with Gasteiger partial charge in [0.25, 0.3) is 0 Å². The standard InChI is InChI=1S/C16H24O3/c1-11(2)15(17)19-10-18-9-16-7-3-4-14(16)12-5-6-13(16)8-12/h12-14H,1,3-10H2,2H3. The van der Waals surface area contributed by atoms with Gasteiger partial charge in [0.15, 0.2) is 6.79 Å². The van der Waals surface area contributed by atoms with Crippen molar-refractivity contribution in [2.45, 2.75) is 45.4 Å². The van der Waals surface area contributed by atoms with Gasteiger partial charge in [0.1, 0.15) is 0 Å². The fourth-order valence-electron chi connectivity index (χ4n) is 4.99. The van der Waals surface area contributed by atoms with Gasteiger partial charge in [-0.15, -0.1) is 0 Å². The summed E-state index contributed by atoms with van der Waals surface area (Å²) in [6.07, 6.45) is 8.29. The average Bonchev–Trinajstić information content (AvgIpc) is 3.05. The summed E-state index contributed by atoms with van der Waals surface area (Å²) in [5.74, 6) is 2.34. The zero-order chi connectivity index (χ0) is 13.5. The first-order valence-electron chi connectivity index (χ1n) is 7.54. The molecule has 2 bridgehead atoms. The van der Waals surface area contributed by atoms with Crippen molar-refractivity contribution in [3.05, 3.63) is 12.2 Å². The van der Waals surface area contributed by atoms with E-state index in [1.165, 1.54) is 38.5 Å². The predicted molar refractivity (Wildman–Crippen MR) is 72.3 cm³/mol. The maximum absolute atomic E-state index is 11.3. The van der Waals surface area contributed by atoms with Crippen molar-refractivity contribution in [1.82, 2.24) is 0 Å². The molecule has 3 heteroatoms. The molecule has 0 radical (unpaired) electrons. The third-order valence-corrected chi connectivity index (χ3v) is 5.74. The molecule has 106 valence electrons. The van der Waals surface area contributed by atoms with Crippen LogP contribution in [0, 0.1) is 23.2 Å². The van der Waals surface area contributed by atoms with E-state index in [1.807, 2.05) is 0 Å². The summed E-state index contributed by atoms with van der Waals surface area (Å²) in [5, 5.41) is 0. The molecule has 0 aliphatic heterocycles. The summed E-state index contributed by atoms with van der Waals surface area (Å²) in [6.45, 7) is 6.08. The van der Waals surface area contributed by atoms with E-state index in [2.05, 4.69) is 6.58 Å². The number of fused-ring (bicyclic) bond motifs is 5. The molecule has 0 N–H and O–H groups in total. The van der Waals surface area contributed by atoms with Crippen molar-refractivity contribution in [1.29, 1.82) is 0 Å². The highest BCUT2D eigenvalue weighted by atomic mass is 16.7. The minimum atomic E-state index is -0.353. The molecule has 3 nitrogen and oxygen atoms in total. The molecule has 0 heterocycles. The van der Waals surface area contributed by atoms with E-state index in [4.69, 9.17) is 9.47 Å². The second-order valence-corrected chi connectivity index (χ2v) is 6.68. The summed E-state index contributed by atoms with van der Waals surface area (Å²) < 4.78 is 10.7. The maximum Gasteiger partial charge on any atom is 0.335 e. The molecule has 0 aromatic heterocycles. The molecule has 0 spiro atoms. The number of rotatable bonds is 5. The number of carbonyl (C=O) groups excluding carboxylic acids is 1. The summed E-state index contributed by atoms with van der Waals surface area (Å²) in [4.78, 5) is 11.3. The largest absolute Gasteiger partial charge is 0.435 e. The van der Waals surface area contributed by atoms with Crippen LogP contribution in [-0.2, 0) is 14.3 Å².